The molecule has 0 fully saturated rings. The highest BCUT2D eigenvalue weighted by molar-refractivity contribution is 5.85. The first kappa shape index (κ1) is 9.02. The molecule has 1 aliphatic carbocycles. The van der Waals surface area contributed by atoms with Gasteiger partial charge in [-0.1, -0.05) is 13.0 Å². The molecule has 78 valence electrons. The van der Waals surface area contributed by atoms with E-state index in [1.807, 2.05) is 6.26 Å². The molecule has 15 heavy (non-hydrogen) atoms. The van der Waals surface area contributed by atoms with Crippen LogP contribution < -0.4 is 0 Å². The number of aryl methyl sites for hydroxylation is 2. The Kier molecular flexibility index (Phi) is 1.88. The lowest BCUT2D eigenvalue weighted by Gasteiger charge is -2.22. The summed E-state index contributed by atoms with van der Waals surface area (Å²) in [5, 5.41) is 1.37. The SMILES string of the molecule is Cc1coc2ccc3c(c12)C[C@H](C)CC3. The zero-order valence-electron chi connectivity index (χ0n) is 9.34. The van der Waals surface area contributed by atoms with Crippen LogP contribution in [0, 0.1) is 12.8 Å². The summed E-state index contributed by atoms with van der Waals surface area (Å²) < 4.78 is 5.55. The molecule has 1 atom stereocenters. The minimum Gasteiger partial charge on any atom is -0.464 e. The van der Waals surface area contributed by atoms with E-state index in [1.54, 1.807) is 0 Å². The van der Waals surface area contributed by atoms with Gasteiger partial charge < -0.3 is 4.42 Å². The molecule has 2 aromatic rings. The molecule has 0 bridgehead atoms. The van der Waals surface area contributed by atoms with Gasteiger partial charge in [0.1, 0.15) is 5.58 Å². The summed E-state index contributed by atoms with van der Waals surface area (Å²) in [4.78, 5) is 0. The summed E-state index contributed by atoms with van der Waals surface area (Å²) >= 11 is 0. The molecule has 1 aromatic carbocycles. The van der Waals surface area contributed by atoms with Gasteiger partial charge in [-0.2, -0.15) is 0 Å². The first-order chi connectivity index (χ1) is 7.25. The van der Waals surface area contributed by atoms with Crippen LogP contribution in [0.4, 0.5) is 0 Å². The van der Waals surface area contributed by atoms with Crippen molar-refractivity contribution in [3.63, 3.8) is 0 Å². The first-order valence-corrected chi connectivity index (χ1v) is 5.74. The van der Waals surface area contributed by atoms with Crippen LogP contribution in [-0.2, 0) is 12.8 Å². The quantitative estimate of drug-likeness (QED) is 0.629. The van der Waals surface area contributed by atoms with E-state index in [4.69, 9.17) is 4.42 Å². The standard InChI is InChI=1S/C14H16O/c1-9-3-4-11-5-6-13-14(12(11)7-9)10(2)8-15-13/h5-6,8-9H,3-4,7H2,1-2H3/t9-/m1/s1. The zero-order chi connectivity index (χ0) is 10.4. The molecule has 1 nitrogen and oxygen atoms in total. The predicted molar refractivity (Wildman–Crippen MR) is 62.1 cm³/mol. The van der Waals surface area contributed by atoms with Crippen LogP contribution in [0.1, 0.15) is 30.0 Å². The number of rotatable bonds is 0. The minimum atomic E-state index is 0.817. The molecule has 0 unspecified atom stereocenters. The molecule has 0 spiro atoms. The van der Waals surface area contributed by atoms with Gasteiger partial charge in [0.15, 0.2) is 0 Å². The zero-order valence-corrected chi connectivity index (χ0v) is 9.34. The van der Waals surface area contributed by atoms with Gasteiger partial charge in [-0.3, -0.25) is 0 Å². The summed E-state index contributed by atoms with van der Waals surface area (Å²) in [5.74, 6) is 0.817. The summed E-state index contributed by atoms with van der Waals surface area (Å²) in [6.45, 7) is 4.49. The third kappa shape index (κ3) is 1.30. The Balaban J connectivity index is 2.31. The van der Waals surface area contributed by atoms with E-state index in [0.717, 1.165) is 11.5 Å². The van der Waals surface area contributed by atoms with Gasteiger partial charge >= 0.3 is 0 Å². The molecule has 0 N–H and O–H groups in total. The maximum absolute atomic E-state index is 5.55. The van der Waals surface area contributed by atoms with E-state index in [2.05, 4.69) is 26.0 Å². The molecule has 1 heterocycles. The third-order valence-corrected chi connectivity index (χ3v) is 3.59. The van der Waals surface area contributed by atoms with E-state index < -0.39 is 0 Å². The number of hydrogen-bond acceptors (Lipinski definition) is 1. The fourth-order valence-corrected chi connectivity index (χ4v) is 2.73. The van der Waals surface area contributed by atoms with Crippen molar-refractivity contribution in [2.24, 2.45) is 5.92 Å². The Bertz CT molecular complexity index is 507. The fourth-order valence-electron chi connectivity index (χ4n) is 2.73. The number of benzene rings is 1. The van der Waals surface area contributed by atoms with Crippen LogP contribution in [0.5, 0.6) is 0 Å². The van der Waals surface area contributed by atoms with Gasteiger partial charge in [0.05, 0.1) is 6.26 Å². The van der Waals surface area contributed by atoms with Gasteiger partial charge in [0.25, 0.3) is 0 Å². The molecule has 0 saturated carbocycles. The Morgan fingerprint density at radius 1 is 1.33 bits per heavy atom. The third-order valence-electron chi connectivity index (χ3n) is 3.59. The largest absolute Gasteiger partial charge is 0.464 e. The molecular formula is C14H16O. The lowest BCUT2D eigenvalue weighted by Crippen LogP contribution is -2.11. The van der Waals surface area contributed by atoms with E-state index in [-0.39, 0.29) is 0 Å². The smallest absolute Gasteiger partial charge is 0.134 e. The van der Waals surface area contributed by atoms with E-state index in [0.29, 0.717) is 0 Å². The van der Waals surface area contributed by atoms with Crippen LogP contribution in [0.25, 0.3) is 11.0 Å². The van der Waals surface area contributed by atoms with E-state index in [1.165, 1.54) is 41.3 Å². The van der Waals surface area contributed by atoms with Crippen molar-refractivity contribution in [2.75, 3.05) is 0 Å². The van der Waals surface area contributed by atoms with Gasteiger partial charge in [0.2, 0.25) is 0 Å². The highest BCUT2D eigenvalue weighted by Crippen LogP contribution is 2.33. The molecule has 0 saturated heterocycles. The van der Waals surface area contributed by atoms with E-state index >= 15 is 0 Å². The Morgan fingerprint density at radius 2 is 2.20 bits per heavy atom. The van der Waals surface area contributed by atoms with Crippen LogP contribution in [0.2, 0.25) is 0 Å². The maximum Gasteiger partial charge on any atom is 0.134 e. The van der Waals surface area contributed by atoms with Gasteiger partial charge in [0, 0.05) is 5.39 Å². The van der Waals surface area contributed by atoms with Gasteiger partial charge in [-0.05, 0) is 54.9 Å². The molecule has 1 aromatic heterocycles. The summed E-state index contributed by atoms with van der Waals surface area (Å²) in [6.07, 6.45) is 5.66. The van der Waals surface area contributed by atoms with Crippen LogP contribution >= 0.6 is 0 Å². The van der Waals surface area contributed by atoms with Crippen molar-refractivity contribution < 1.29 is 4.42 Å². The average molecular weight is 200 g/mol. The van der Waals surface area contributed by atoms with Gasteiger partial charge in [-0.15, -0.1) is 0 Å². The monoisotopic (exact) mass is 200 g/mol. The molecule has 1 heteroatoms. The summed E-state index contributed by atoms with van der Waals surface area (Å²) in [7, 11) is 0. The van der Waals surface area contributed by atoms with Crippen molar-refractivity contribution in [3.8, 4) is 0 Å². The highest BCUT2D eigenvalue weighted by atomic mass is 16.3. The highest BCUT2D eigenvalue weighted by Gasteiger charge is 2.19. The van der Waals surface area contributed by atoms with Crippen molar-refractivity contribution >= 4 is 11.0 Å². The van der Waals surface area contributed by atoms with Crippen molar-refractivity contribution in [2.45, 2.75) is 33.1 Å². The van der Waals surface area contributed by atoms with E-state index in [9.17, 15) is 0 Å². The summed E-state index contributed by atoms with van der Waals surface area (Å²) in [6, 6.07) is 4.36. The Hall–Kier alpha value is -1.24. The molecular weight excluding hydrogens is 184 g/mol. The second-order valence-corrected chi connectivity index (χ2v) is 4.84. The van der Waals surface area contributed by atoms with Gasteiger partial charge in [-0.25, -0.2) is 0 Å². The maximum atomic E-state index is 5.55. The molecule has 0 radical (unpaired) electrons. The van der Waals surface area contributed by atoms with Crippen LogP contribution in [-0.4, -0.2) is 0 Å². The lowest BCUT2D eigenvalue weighted by atomic mass is 9.83. The first-order valence-electron chi connectivity index (χ1n) is 5.74. The molecule has 0 aliphatic heterocycles. The molecule has 1 aliphatic rings. The number of fused-ring (bicyclic) bond motifs is 3. The normalized spacial score (nSPS) is 20.5. The average Bonchev–Trinajstić information content (AvgIpc) is 2.60. The number of hydrogen-bond donors (Lipinski definition) is 0. The van der Waals surface area contributed by atoms with Crippen molar-refractivity contribution in [3.05, 3.63) is 35.1 Å². The number of furan rings is 1. The Labute approximate surface area is 90.1 Å². The fraction of sp³-hybridized carbons (Fsp3) is 0.429. The van der Waals surface area contributed by atoms with Crippen molar-refractivity contribution in [1.29, 1.82) is 0 Å². The minimum absolute atomic E-state index is 0.817. The predicted octanol–water partition coefficient (Wildman–Crippen LogP) is 3.87. The second kappa shape index (κ2) is 3.13. The van der Waals surface area contributed by atoms with Crippen LogP contribution in [0.15, 0.2) is 22.8 Å². The summed E-state index contributed by atoms with van der Waals surface area (Å²) in [5.41, 5.74) is 5.42. The van der Waals surface area contributed by atoms with Crippen LogP contribution in [0.3, 0.4) is 0 Å². The Morgan fingerprint density at radius 3 is 3.07 bits per heavy atom. The lowest BCUT2D eigenvalue weighted by molar-refractivity contribution is 0.503. The molecule has 3 rings (SSSR count). The topological polar surface area (TPSA) is 13.1 Å². The second-order valence-electron chi connectivity index (χ2n) is 4.84. The molecule has 0 amide bonds. The van der Waals surface area contributed by atoms with Crippen molar-refractivity contribution in [1.82, 2.24) is 0 Å².